The van der Waals surface area contributed by atoms with Gasteiger partial charge in [-0.25, -0.2) is 0 Å². The molecule has 1 aromatic rings. The molecule has 1 aromatic carbocycles. The molecular formula is C14H20BrNO2. The number of rotatable bonds is 7. The van der Waals surface area contributed by atoms with Gasteiger partial charge >= 0.3 is 5.97 Å². The van der Waals surface area contributed by atoms with Crippen molar-refractivity contribution >= 4 is 21.9 Å². The van der Waals surface area contributed by atoms with Gasteiger partial charge in [0.2, 0.25) is 0 Å². The van der Waals surface area contributed by atoms with Gasteiger partial charge in [0.05, 0.1) is 13.0 Å². The Labute approximate surface area is 117 Å². The SMILES string of the molecule is CCC(CNCCc1ccccc1Br)C(=O)OC. The van der Waals surface area contributed by atoms with Gasteiger partial charge in [0.25, 0.3) is 0 Å². The molecule has 1 unspecified atom stereocenters. The Morgan fingerprint density at radius 3 is 2.78 bits per heavy atom. The second-order valence-electron chi connectivity index (χ2n) is 4.17. The van der Waals surface area contributed by atoms with Crippen molar-refractivity contribution in [3.8, 4) is 0 Å². The first-order chi connectivity index (χ1) is 8.69. The van der Waals surface area contributed by atoms with E-state index in [1.54, 1.807) is 0 Å². The Morgan fingerprint density at radius 1 is 1.44 bits per heavy atom. The van der Waals surface area contributed by atoms with Crippen LogP contribution in [0.3, 0.4) is 0 Å². The smallest absolute Gasteiger partial charge is 0.309 e. The van der Waals surface area contributed by atoms with Gasteiger partial charge in [-0.2, -0.15) is 0 Å². The molecular weight excluding hydrogens is 294 g/mol. The number of halogens is 1. The van der Waals surface area contributed by atoms with Gasteiger partial charge < -0.3 is 10.1 Å². The monoisotopic (exact) mass is 313 g/mol. The highest BCUT2D eigenvalue weighted by molar-refractivity contribution is 9.10. The van der Waals surface area contributed by atoms with Gasteiger partial charge in [-0.1, -0.05) is 41.1 Å². The number of esters is 1. The Morgan fingerprint density at radius 2 is 2.17 bits per heavy atom. The van der Waals surface area contributed by atoms with Crippen LogP contribution in [0, 0.1) is 5.92 Å². The van der Waals surface area contributed by atoms with E-state index >= 15 is 0 Å². The van der Waals surface area contributed by atoms with Gasteiger partial charge in [0, 0.05) is 11.0 Å². The van der Waals surface area contributed by atoms with Crippen molar-refractivity contribution in [1.29, 1.82) is 0 Å². The molecule has 1 atom stereocenters. The average molecular weight is 314 g/mol. The third kappa shape index (κ3) is 4.78. The third-order valence-electron chi connectivity index (χ3n) is 2.95. The van der Waals surface area contributed by atoms with E-state index in [1.165, 1.54) is 12.7 Å². The molecule has 100 valence electrons. The summed E-state index contributed by atoms with van der Waals surface area (Å²) in [5, 5.41) is 3.31. The highest BCUT2D eigenvalue weighted by atomic mass is 79.9. The van der Waals surface area contributed by atoms with Crippen LogP contribution in [0.5, 0.6) is 0 Å². The van der Waals surface area contributed by atoms with Crippen molar-refractivity contribution in [2.75, 3.05) is 20.2 Å². The lowest BCUT2D eigenvalue weighted by Gasteiger charge is -2.13. The van der Waals surface area contributed by atoms with Crippen molar-refractivity contribution in [1.82, 2.24) is 5.32 Å². The number of carbonyl (C=O) groups excluding carboxylic acids is 1. The predicted molar refractivity (Wildman–Crippen MR) is 76.5 cm³/mol. The number of carbonyl (C=O) groups is 1. The molecule has 0 fully saturated rings. The fraction of sp³-hybridized carbons (Fsp3) is 0.500. The molecule has 0 bridgehead atoms. The van der Waals surface area contributed by atoms with E-state index in [9.17, 15) is 4.79 Å². The molecule has 0 aliphatic heterocycles. The van der Waals surface area contributed by atoms with Crippen LogP contribution in [-0.2, 0) is 16.0 Å². The molecule has 0 saturated carbocycles. The minimum absolute atomic E-state index is 0.0470. The molecule has 1 rings (SSSR count). The summed E-state index contributed by atoms with van der Waals surface area (Å²) in [6.07, 6.45) is 1.74. The normalized spacial score (nSPS) is 12.2. The number of benzene rings is 1. The molecule has 0 aliphatic rings. The molecule has 0 heterocycles. The van der Waals surface area contributed by atoms with E-state index in [0.717, 1.165) is 23.9 Å². The summed E-state index contributed by atoms with van der Waals surface area (Å²) in [7, 11) is 1.44. The van der Waals surface area contributed by atoms with Crippen molar-refractivity contribution in [2.45, 2.75) is 19.8 Å². The van der Waals surface area contributed by atoms with Crippen LogP contribution in [0.1, 0.15) is 18.9 Å². The topological polar surface area (TPSA) is 38.3 Å². The molecule has 0 spiro atoms. The molecule has 0 aliphatic carbocycles. The predicted octanol–water partition coefficient (Wildman–Crippen LogP) is 2.78. The standard InChI is InChI=1S/C14H20BrNO2/c1-3-11(14(17)18-2)10-16-9-8-12-6-4-5-7-13(12)15/h4-7,11,16H,3,8-10H2,1-2H3. The summed E-state index contributed by atoms with van der Waals surface area (Å²) < 4.78 is 5.88. The van der Waals surface area contributed by atoms with Crippen molar-refractivity contribution in [3.05, 3.63) is 34.3 Å². The van der Waals surface area contributed by atoms with Crippen LogP contribution in [0.4, 0.5) is 0 Å². The highest BCUT2D eigenvalue weighted by Gasteiger charge is 2.15. The van der Waals surface area contributed by atoms with E-state index < -0.39 is 0 Å². The maximum Gasteiger partial charge on any atom is 0.309 e. The van der Waals surface area contributed by atoms with E-state index in [0.29, 0.717) is 6.54 Å². The summed E-state index contributed by atoms with van der Waals surface area (Å²) in [6, 6.07) is 8.18. The summed E-state index contributed by atoms with van der Waals surface area (Å²) in [4.78, 5) is 11.4. The second kappa shape index (κ2) is 8.27. The van der Waals surface area contributed by atoms with Crippen LogP contribution in [0.25, 0.3) is 0 Å². The maximum atomic E-state index is 11.4. The molecule has 0 radical (unpaired) electrons. The van der Waals surface area contributed by atoms with Gasteiger partial charge in [-0.15, -0.1) is 0 Å². The zero-order valence-corrected chi connectivity index (χ0v) is 12.5. The Balaban J connectivity index is 2.30. The molecule has 0 amide bonds. The summed E-state index contributed by atoms with van der Waals surface area (Å²) in [6.45, 7) is 3.53. The van der Waals surface area contributed by atoms with Gasteiger partial charge in [-0.3, -0.25) is 4.79 Å². The van der Waals surface area contributed by atoms with E-state index in [2.05, 4.69) is 27.3 Å². The van der Waals surface area contributed by atoms with Crippen LogP contribution < -0.4 is 5.32 Å². The van der Waals surface area contributed by atoms with E-state index in [-0.39, 0.29) is 11.9 Å². The lowest BCUT2D eigenvalue weighted by Crippen LogP contribution is -2.30. The van der Waals surface area contributed by atoms with Crippen molar-refractivity contribution in [2.24, 2.45) is 5.92 Å². The number of hydrogen-bond acceptors (Lipinski definition) is 3. The molecule has 3 nitrogen and oxygen atoms in total. The van der Waals surface area contributed by atoms with E-state index in [1.807, 2.05) is 25.1 Å². The van der Waals surface area contributed by atoms with Crippen LogP contribution in [0.15, 0.2) is 28.7 Å². The largest absolute Gasteiger partial charge is 0.469 e. The first kappa shape index (κ1) is 15.2. The van der Waals surface area contributed by atoms with E-state index in [4.69, 9.17) is 4.74 Å². The first-order valence-electron chi connectivity index (χ1n) is 6.21. The Kier molecular flexibility index (Phi) is 6.98. The Bertz CT molecular complexity index is 382. The second-order valence-corrected chi connectivity index (χ2v) is 5.03. The Hall–Kier alpha value is -0.870. The summed E-state index contributed by atoms with van der Waals surface area (Å²) >= 11 is 3.52. The van der Waals surface area contributed by atoms with Gasteiger partial charge in [0.15, 0.2) is 0 Å². The van der Waals surface area contributed by atoms with Gasteiger partial charge in [-0.05, 0) is 31.0 Å². The maximum absolute atomic E-state index is 11.4. The number of methoxy groups -OCH3 is 1. The molecule has 1 N–H and O–H groups in total. The number of hydrogen-bond donors (Lipinski definition) is 1. The summed E-state index contributed by atoms with van der Waals surface area (Å²) in [5.41, 5.74) is 1.27. The fourth-order valence-electron chi connectivity index (χ4n) is 1.76. The molecule has 0 aromatic heterocycles. The quantitative estimate of drug-likeness (QED) is 0.621. The molecule has 0 saturated heterocycles. The van der Waals surface area contributed by atoms with Gasteiger partial charge in [0.1, 0.15) is 0 Å². The number of nitrogens with one attached hydrogen (secondary N) is 1. The van der Waals surface area contributed by atoms with Crippen LogP contribution in [0.2, 0.25) is 0 Å². The van der Waals surface area contributed by atoms with Crippen LogP contribution in [-0.4, -0.2) is 26.2 Å². The first-order valence-corrected chi connectivity index (χ1v) is 7.00. The number of ether oxygens (including phenoxy) is 1. The average Bonchev–Trinajstić information content (AvgIpc) is 2.40. The van der Waals surface area contributed by atoms with Crippen molar-refractivity contribution in [3.63, 3.8) is 0 Å². The highest BCUT2D eigenvalue weighted by Crippen LogP contribution is 2.15. The van der Waals surface area contributed by atoms with Crippen LogP contribution >= 0.6 is 15.9 Å². The minimum atomic E-state index is -0.133. The molecule has 4 heteroatoms. The zero-order chi connectivity index (χ0) is 13.4. The molecule has 18 heavy (non-hydrogen) atoms. The third-order valence-corrected chi connectivity index (χ3v) is 3.72. The van der Waals surface area contributed by atoms with Crippen molar-refractivity contribution < 1.29 is 9.53 Å². The zero-order valence-electron chi connectivity index (χ0n) is 10.9. The fourth-order valence-corrected chi connectivity index (χ4v) is 2.24. The minimum Gasteiger partial charge on any atom is -0.469 e. The lowest BCUT2D eigenvalue weighted by atomic mass is 10.1. The lowest BCUT2D eigenvalue weighted by molar-refractivity contribution is -0.145. The summed E-state index contributed by atoms with van der Waals surface area (Å²) in [5.74, 6) is -0.180.